The highest BCUT2D eigenvalue weighted by atomic mass is 32.1. The molecule has 2 amide bonds. The molecule has 0 atom stereocenters. The molecule has 7 nitrogen and oxygen atoms in total. The minimum atomic E-state index is -4.60. The fraction of sp³-hybridized carbons (Fsp3) is 0.280. The molecule has 1 aliphatic heterocycles. The molecular weight excluding hydrogens is 525 g/mol. The summed E-state index contributed by atoms with van der Waals surface area (Å²) in [6.07, 6.45) is -3.50. The molecule has 192 valence electrons. The lowest BCUT2D eigenvalue weighted by molar-refractivity contribution is -0.138. The van der Waals surface area contributed by atoms with E-state index < -0.39 is 17.6 Å². The lowest BCUT2D eigenvalue weighted by Gasteiger charge is -2.31. The molecule has 12 heteroatoms. The van der Waals surface area contributed by atoms with Crippen molar-refractivity contribution in [3.05, 3.63) is 69.7 Å². The van der Waals surface area contributed by atoms with Crippen LogP contribution in [0.5, 0.6) is 5.75 Å². The Balaban J connectivity index is 1.22. The Morgan fingerprint density at radius 2 is 1.84 bits per heavy atom. The number of methoxy groups -OCH3 is 1. The largest absolute Gasteiger partial charge is 0.494 e. The molecule has 1 N–H and O–H groups in total. The standard InChI is InChI=1S/C25H21F3N4O3S2/c1-35-18-7-4-8-19-20(18)30-24(37-19)31-21(33)17-13-36-22(29-17)14-9-11-32(12-10-14)23(34)15-5-2-3-6-16(15)25(26,27)28/h2-8,13-14H,9-12H2,1H3,(H,30,31,33). The number of fused-ring (bicyclic) bond motifs is 1. The number of alkyl halides is 3. The summed E-state index contributed by atoms with van der Waals surface area (Å²) >= 11 is 2.69. The monoisotopic (exact) mass is 546 g/mol. The topological polar surface area (TPSA) is 84.4 Å². The van der Waals surface area contributed by atoms with Gasteiger partial charge in [0.25, 0.3) is 11.8 Å². The van der Waals surface area contributed by atoms with Crippen molar-refractivity contribution in [3.8, 4) is 5.75 Å². The highest BCUT2D eigenvalue weighted by molar-refractivity contribution is 7.22. The third-order valence-corrected chi connectivity index (χ3v) is 8.11. The number of benzene rings is 2. The molecular formula is C25H21F3N4O3S2. The van der Waals surface area contributed by atoms with Gasteiger partial charge in [0.15, 0.2) is 5.13 Å². The Morgan fingerprint density at radius 3 is 2.57 bits per heavy atom. The molecule has 0 radical (unpaired) electrons. The zero-order valence-corrected chi connectivity index (χ0v) is 21.2. The predicted octanol–water partition coefficient (Wildman–Crippen LogP) is 6.05. The van der Waals surface area contributed by atoms with Crippen LogP contribution in [0.2, 0.25) is 0 Å². The molecule has 1 saturated heterocycles. The first-order chi connectivity index (χ1) is 17.7. The second kappa shape index (κ2) is 10.1. The van der Waals surface area contributed by atoms with Crippen molar-refractivity contribution < 1.29 is 27.5 Å². The number of anilines is 1. The van der Waals surface area contributed by atoms with Crippen molar-refractivity contribution in [3.63, 3.8) is 0 Å². The minimum absolute atomic E-state index is 0.0140. The van der Waals surface area contributed by atoms with Crippen molar-refractivity contribution in [2.24, 2.45) is 0 Å². The number of piperidine rings is 1. The first kappa shape index (κ1) is 25.2. The van der Waals surface area contributed by atoms with Gasteiger partial charge < -0.3 is 9.64 Å². The summed E-state index contributed by atoms with van der Waals surface area (Å²) in [6.45, 7) is 0.620. The van der Waals surface area contributed by atoms with Crippen LogP contribution in [-0.2, 0) is 6.18 Å². The van der Waals surface area contributed by atoms with Crippen LogP contribution in [0.1, 0.15) is 50.2 Å². The van der Waals surface area contributed by atoms with Gasteiger partial charge in [-0.05, 0) is 37.1 Å². The van der Waals surface area contributed by atoms with Gasteiger partial charge in [0, 0.05) is 24.4 Å². The Morgan fingerprint density at radius 1 is 1.08 bits per heavy atom. The van der Waals surface area contributed by atoms with Gasteiger partial charge in [-0.25, -0.2) is 9.97 Å². The van der Waals surface area contributed by atoms with Gasteiger partial charge in [-0.1, -0.05) is 29.5 Å². The van der Waals surface area contributed by atoms with Gasteiger partial charge >= 0.3 is 6.18 Å². The first-order valence-electron chi connectivity index (χ1n) is 11.4. The van der Waals surface area contributed by atoms with Crippen LogP contribution in [0.3, 0.4) is 0 Å². The van der Waals surface area contributed by atoms with E-state index >= 15 is 0 Å². The zero-order chi connectivity index (χ0) is 26.2. The van der Waals surface area contributed by atoms with E-state index in [0.717, 1.165) is 15.8 Å². The molecule has 1 aliphatic rings. The van der Waals surface area contributed by atoms with Crippen molar-refractivity contribution in [1.29, 1.82) is 0 Å². The molecule has 0 saturated carbocycles. The summed E-state index contributed by atoms with van der Waals surface area (Å²) < 4.78 is 46.2. The number of ether oxygens (including phenoxy) is 1. The van der Waals surface area contributed by atoms with E-state index in [4.69, 9.17) is 4.74 Å². The molecule has 0 spiro atoms. The number of nitrogens with zero attached hydrogens (tertiary/aromatic N) is 3. The Kier molecular flexibility index (Phi) is 6.86. The van der Waals surface area contributed by atoms with Crippen LogP contribution in [0.4, 0.5) is 18.3 Å². The summed E-state index contributed by atoms with van der Waals surface area (Å²) in [5.74, 6) is -0.368. The van der Waals surface area contributed by atoms with Crippen LogP contribution >= 0.6 is 22.7 Å². The van der Waals surface area contributed by atoms with Gasteiger partial charge in [-0.15, -0.1) is 11.3 Å². The molecule has 4 aromatic rings. The lowest BCUT2D eigenvalue weighted by Crippen LogP contribution is -2.38. The number of hydrogen-bond acceptors (Lipinski definition) is 7. The summed E-state index contributed by atoms with van der Waals surface area (Å²) in [5.41, 5.74) is -0.328. The maximum absolute atomic E-state index is 13.3. The maximum atomic E-state index is 13.3. The van der Waals surface area contributed by atoms with Crippen molar-refractivity contribution in [2.75, 3.05) is 25.5 Å². The highest BCUT2D eigenvalue weighted by Gasteiger charge is 2.36. The second-order valence-corrected chi connectivity index (χ2v) is 10.4. The number of carbonyl (C=O) groups is 2. The first-order valence-corrected chi connectivity index (χ1v) is 13.1. The van der Waals surface area contributed by atoms with Crippen molar-refractivity contribution in [1.82, 2.24) is 14.9 Å². The molecule has 0 aliphatic carbocycles. The van der Waals surface area contributed by atoms with Crippen LogP contribution in [0.15, 0.2) is 47.8 Å². The SMILES string of the molecule is COc1cccc2sc(NC(=O)c3csc(C4CCN(C(=O)c5ccccc5C(F)(F)F)CC4)n3)nc12. The molecule has 1 fully saturated rings. The number of thiazole rings is 2. The molecule has 5 rings (SSSR count). The van der Waals surface area contributed by atoms with Gasteiger partial charge in [0.05, 0.1) is 27.9 Å². The number of halogens is 3. The number of likely N-dealkylation sites (tertiary alicyclic amines) is 1. The summed E-state index contributed by atoms with van der Waals surface area (Å²) in [7, 11) is 1.56. The third kappa shape index (κ3) is 5.16. The Hall–Kier alpha value is -3.51. The normalized spacial score (nSPS) is 14.6. The average Bonchev–Trinajstić information content (AvgIpc) is 3.55. The zero-order valence-electron chi connectivity index (χ0n) is 19.5. The van der Waals surface area contributed by atoms with E-state index in [1.54, 1.807) is 18.6 Å². The number of rotatable bonds is 5. The molecule has 0 unspecified atom stereocenters. The van der Waals surface area contributed by atoms with Crippen LogP contribution in [-0.4, -0.2) is 46.9 Å². The van der Waals surface area contributed by atoms with Crippen molar-refractivity contribution in [2.45, 2.75) is 24.9 Å². The van der Waals surface area contributed by atoms with E-state index in [0.29, 0.717) is 42.3 Å². The number of nitrogens with one attached hydrogen (secondary N) is 1. The summed E-state index contributed by atoms with van der Waals surface area (Å²) in [6, 6.07) is 10.4. The number of carbonyl (C=O) groups excluding carboxylic acids is 2. The summed E-state index contributed by atoms with van der Waals surface area (Å²) in [4.78, 5) is 36.0. The fourth-order valence-corrected chi connectivity index (χ4v) is 6.15. The van der Waals surface area contributed by atoms with E-state index in [1.165, 1.54) is 45.8 Å². The van der Waals surface area contributed by atoms with Crippen LogP contribution in [0, 0.1) is 0 Å². The van der Waals surface area contributed by atoms with Crippen LogP contribution in [0.25, 0.3) is 10.2 Å². The molecule has 3 heterocycles. The predicted molar refractivity (Wildman–Crippen MR) is 136 cm³/mol. The molecule has 2 aromatic carbocycles. The lowest BCUT2D eigenvalue weighted by atomic mass is 9.96. The van der Waals surface area contributed by atoms with E-state index in [1.807, 2.05) is 12.1 Å². The molecule has 0 bridgehead atoms. The fourth-order valence-electron chi connectivity index (χ4n) is 4.30. The van der Waals surface area contributed by atoms with Crippen molar-refractivity contribution >= 4 is 49.8 Å². The Bertz CT molecular complexity index is 1460. The highest BCUT2D eigenvalue weighted by Crippen LogP contribution is 2.35. The molecule has 37 heavy (non-hydrogen) atoms. The second-order valence-electron chi connectivity index (χ2n) is 8.46. The smallest absolute Gasteiger partial charge is 0.417 e. The number of hydrogen-bond donors (Lipinski definition) is 1. The number of para-hydroxylation sites is 1. The average molecular weight is 547 g/mol. The van der Waals surface area contributed by atoms with Gasteiger partial charge in [0.1, 0.15) is 17.0 Å². The van der Waals surface area contributed by atoms with Gasteiger partial charge in [-0.2, -0.15) is 13.2 Å². The number of aromatic nitrogens is 2. The minimum Gasteiger partial charge on any atom is -0.494 e. The molecule has 2 aromatic heterocycles. The Labute approximate surface area is 217 Å². The number of amides is 2. The summed E-state index contributed by atoms with van der Waals surface area (Å²) in [5, 5.41) is 5.66. The van der Waals surface area contributed by atoms with Gasteiger partial charge in [0.2, 0.25) is 0 Å². The van der Waals surface area contributed by atoms with Crippen LogP contribution < -0.4 is 10.1 Å². The maximum Gasteiger partial charge on any atom is 0.417 e. The third-order valence-electron chi connectivity index (χ3n) is 6.17. The van der Waals surface area contributed by atoms with E-state index in [2.05, 4.69) is 15.3 Å². The quantitative estimate of drug-likeness (QED) is 0.329. The van der Waals surface area contributed by atoms with E-state index in [-0.39, 0.29) is 23.1 Å². The van der Waals surface area contributed by atoms with E-state index in [9.17, 15) is 22.8 Å². The van der Waals surface area contributed by atoms with Gasteiger partial charge in [-0.3, -0.25) is 14.9 Å².